The molecule has 3 heterocycles. The summed E-state index contributed by atoms with van der Waals surface area (Å²) in [6.45, 7) is 7.86. The molecular weight excluding hydrogens is 332 g/mol. The minimum absolute atomic E-state index is 0.692. The zero-order chi connectivity index (χ0) is 18.2. The molecule has 1 saturated carbocycles. The van der Waals surface area contributed by atoms with Crippen molar-refractivity contribution >= 4 is 16.7 Å². The molecule has 4 nitrogen and oxygen atoms in total. The molecule has 2 aliphatic heterocycles. The number of nitrogens with zero attached hydrogens (tertiary/aromatic N) is 3. The second kappa shape index (κ2) is 7.40. The normalized spacial score (nSPS) is 24.0. The van der Waals surface area contributed by atoms with Gasteiger partial charge in [-0.25, -0.2) is 4.98 Å². The van der Waals surface area contributed by atoms with E-state index in [4.69, 9.17) is 4.98 Å². The molecule has 1 aromatic carbocycles. The third-order valence-corrected chi connectivity index (χ3v) is 6.93. The Balaban J connectivity index is 1.47. The van der Waals surface area contributed by atoms with E-state index >= 15 is 0 Å². The highest BCUT2D eigenvalue weighted by Crippen LogP contribution is 2.30. The van der Waals surface area contributed by atoms with Crippen molar-refractivity contribution < 1.29 is 0 Å². The summed E-state index contributed by atoms with van der Waals surface area (Å²) in [6, 6.07) is 10.4. The van der Waals surface area contributed by atoms with E-state index in [2.05, 4.69) is 46.3 Å². The Kier molecular flexibility index (Phi) is 4.78. The maximum Gasteiger partial charge on any atom is 0.133 e. The molecule has 3 aliphatic rings. The van der Waals surface area contributed by atoms with Gasteiger partial charge >= 0.3 is 0 Å². The number of rotatable bonds is 4. The number of para-hydroxylation sites is 1. The molecule has 1 aliphatic carbocycles. The highest BCUT2D eigenvalue weighted by molar-refractivity contribution is 5.84. The monoisotopic (exact) mass is 364 g/mol. The van der Waals surface area contributed by atoms with Crippen molar-refractivity contribution in [2.45, 2.75) is 64.1 Å². The van der Waals surface area contributed by atoms with Gasteiger partial charge in [0.25, 0.3) is 0 Å². The van der Waals surface area contributed by atoms with Gasteiger partial charge in [-0.3, -0.25) is 4.90 Å². The summed E-state index contributed by atoms with van der Waals surface area (Å²) in [7, 11) is 0. The molecule has 4 heteroatoms. The average molecular weight is 365 g/mol. The average Bonchev–Trinajstić information content (AvgIpc) is 3.37. The first-order valence-electron chi connectivity index (χ1n) is 10.9. The molecule has 0 bridgehead atoms. The number of piperazine rings is 1. The Morgan fingerprint density at radius 1 is 1.07 bits per heavy atom. The number of anilines is 1. The van der Waals surface area contributed by atoms with Crippen LogP contribution in [0.15, 0.2) is 24.3 Å². The van der Waals surface area contributed by atoms with Crippen LogP contribution in [-0.2, 0) is 6.54 Å². The largest absolute Gasteiger partial charge is 0.353 e. The summed E-state index contributed by atoms with van der Waals surface area (Å²) in [4.78, 5) is 10.5. The van der Waals surface area contributed by atoms with Gasteiger partial charge in [-0.1, -0.05) is 31.0 Å². The minimum Gasteiger partial charge on any atom is -0.353 e. The summed E-state index contributed by atoms with van der Waals surface area (Å²) in [5.41, 5.74) is 3.83. The van der Waals surface area contributed by atoms with E-state index in [1.165, 1.54) is 79.5 Å². The fourth-order valence-electron chi connectivity index (χ4n) is 5.35. The van der Waals surface area contributed by atoms with Gasteiger partial charge in [-0.15, -0.1) is 0 Å². The van der Waals surface area contributed by atoms with Gasteiger partial charge in [-0.2, -0.15) is 0 Å². The van der Waals surface area contributed by atoms with E-state index < -0.39 is 0 Å². The van der Waals surface area contributed by atoms with Crippen LogP contribution in [0.4, 0.5) is 5.82 Å². The van der Waals surface area contributed by atoms with E-state index in [-0.39, 0.29) is 0 Å². The van der Waals surface area contributed by atoms with Crippen LogP contribution in [0.5, 0.6) is 0 Å². The first-order chi connectivity index (χ1) is 13.3. The van der Waals surface area contributed by atoms with Crippen LogP contribution in [0.1, 0.15) is 49.7 Å². The topological polar surface area (TPSA) is 31.4 Å². The maximum absolute atomic E-state index is 5.23. The van der Waals surface area contributed by atoms with Crippen molar-refractivity contribution in [1.82, 2.24) is 15.2 Å². The van der Waals surface area contributed by atoms with Crippen LogP contribution in [0, 0.1) is 6.92 Å². The van der Waals surface area contributed by atoms with Crippen molar-refractivity contribution in [3.05, 3.63) is 35.4 Å². The van der Waals surface area contributed by atoms with Gasteiger partial charge in [-0.05, 0) is 50.8 Å². The second-order valence-corrected chi connectivity index (χ2v) is 8.76. The first kappa shape index (κ1) is 17.4. The summed E-state index contributed by atoms with van der Waals surface area (Å²) >= 11 is 0. The summed E-state index contributed by atoms with van der Waals surface area (Å²) in [5.74, 6) is 1.23. The van der Waals surface area contributed by atoms with Crippen molar-refractivity contribution in [3.8, 4) is 0 Å². The van der Waals surface area contributed by atoms with Gasteiger partial charge in [0.15, 0.2) is 0 Å². The molecule has 1 N–H and O–H groups in total. The molecule has 27 heavy (non-hydrogen) atoms. The lowest BCUT2D eigenvalue weighted by Gasteiger charge is -2.39. The lowest BCUT2D eigenvalue weighted by atomic mass is 10.1. The molecule has 3 fully saturated rings. The third kappa shape index (κ3) is 3.45. The summed E-state index contributed by atoms with van der Waals surface area (Å²) in [5, 5.41) is 5.11. The van der Waals surface area contributed by atoms with Crippen LogP contribution in [0.25, 0.3) is 10.9 Å². The molecule has 1 atom stereocenters. The number of pyridine rings is 1. The van der Waals surface area contributed by atoms with E-state index in [1.54, 1.807) is 0 Å². The van der Waals surface area contributed by atoms with Crippen LogP contribution >= 0.6 is 0 Å². The Hall–Kier alpha value is -1.65. The molecule has 2 aromatic rings. The van der Waals surface area contributed by atoms with Crippen LogP contribution in [-0.4, -0.2) is 48.1 Å². The summed E-state index contributed by atoms with van der Waals surface area (Å²) < 4.78 is 0. The number of hydrogen-bond donors (Lipinski definition) is 1. The zero-order valence-electron chi connectivity index (χ0n) is 16.6. The molecule has 0 spiro atoms. The number of hydrogen-bond acceptors (Lipinski definition) is 4. The van der Waals surface area contributed by atoms with Crippen molar-refractivity contribution in [3.63, 3.8) is 0 Å². The van der Waals surface area contributed by atoms with E-state index in [0.29, 0.717) is 6.04 Å². The first-order valence-corrected chi connectivity index (χ1v) is 10.9. The number of aromatic nitrogens is 1. The predicted octanol–water partition coefficient (Wildman–Crippen LogP) is 3.86. The van der Waals surface area contributed by atoms with Gasteiger partial charge in [0.2, 0.25) is 0 Å². The molecule has 144 valence electrons. The molecule has 0 unspecified atom stereocenters. The molecule has 2 saturated heterocycles. The minimum atomic E-state index is 0.692. The number of fused-ring (bicyclic) bond motifs is 2. The number of benzene rings is 1. The van der Waals surface area contributed by atoms with E-state index in [0.717, 1.165) is 25.7 Å². The smallest absolute Gasteiger partial charge is 0.133 e. The Morgan fingerprint density at radius 2 is 1.96 bits per heavy atom. The van der Waals surface area contributed by atoms with Crippen molar-refractivity contribution in [1.29, 1.82) is 0 Å². The van der Waals surface area contributed by atoms with Crippen LogP contribution in [0.3, 0.4) is 0 Å². The predicted molar refractivity (Wildman–Crippen MR) is 112 cm³/mol. The van der Waals surface area contributed by atoms with Crippen molar-refractivity contribution in [2.24, 2.45) is 0 Å². The summed E-state index contributed by atoms with van der Waals surface area (Å²) in [6.07, 6.45) is 8.12. The highest BCUT2D eigenvalue weighted by Gasteiger charge is 2.32. The molecule has 0 radical (unpaired) electrons. The molecule has 0 amide bonds. The number of aryl methyl sites for hydroxylation is 1. The lowest BCUT2D eigenvalue weighted by molar-refractivity contribution is 0.230. The van der Waals surface area contributed by atoms with Gasteiger partial charge < -0.3 is 10.2 Å². The standard InChI is InChI=1S/C23H32N4/c1-17-6-4-7-18-14-19(15-24-20-8-2-3-9-20)23(25-22(17)18)27-13-12-26-11-5-10-21(26)16-27/h4,6-7,14,20-21,24H,2-3,5,8-13,15-16H2,1H3/t21-/m0/s1. The van der Waals surface area contributed by atoms with Crippen LogP contribution in [0.2, 0.25) is 0 Å². The van der Waals surface area contributed by atoms with Gasteiger partial charge in [0.1, 0.15) is 5.82 Å². The van der Waals surface area contributed by atoms with E-state index in [1.807, 2.05) is 0 Å². The van der Waals surface area contributed by atoms with E-state index in [9.17, 15) is 0 Å². The molecule has 5 rings (SSSR count). The number of nitrogens with one attached hydrogen (secondary N) is 1. The quantitative estimate of drug-likeness (QED) is 0.893. The van der Waals surface area contributed by atoms with Crippen molar-refractivity contribution in [2.75, 3.05) is 31.1 Å². The van der Waals surface area contributed by atoms with Crippen LogP contribution < -0.4 is 10.2 Å². The Morgan fingerprint density at radius 3 is 2.85 bits per heavy atom. The zero-order valence-corrected chi connectivity index (χ0v) is 16.6. The fraction of sp³-hybridized carbons (Fsp3) is 0.609. The SMILES string of the molecule is Cc1cccc2cc(CNC3CCCC3)c(N3CCN4CCC[C@H]4C3)nc12. The maximum atomic E-state index is 5.23. The highest BCUT2D eigenvalue weighted by atomic mass is 15.3. The van der Waals surface area contributed by atoms with Gasteiger partial charge in [0.05, 0.1) is 5.52 Å². The molecule has 1 aromatic heterocycles. The second-order valence-electron chi connectivity index (χ2n) is 8.76. The lowest BCUT2D eigenvalue weighted by Crippen LogP contribution is -2.50. The Labute approximate surface area is 162 Å². The Bertz CT molecular complexity index is 811. The van der Waals surface area contributed by atoms with Gasteiger partial charge in [0, 0.05) is 49.2 Å². The fourth-order valence-corrected chi connectivity index (χ4v) is 5.35. The third-order valence-electron chi connectivity index (χ3n) is 6.93. The molecular formula is C23H32N4.